The molecule has 2 rings (SSSR count). The first kappa shape index (κ1) is 9.89. The number of hydrogen-bond donors (Lipinski definition) is 0. The van der Waals surface area contributed by atoms with Gasteiger partial charge in [-0.05, 0) is 19.4 Å². The number of oxazole rings is 1. The molecule has 0 aliphatic carbocycles. The van der Waals surface area contributed by atoms with Gasteiger partial charge in [0, 0.05) is 6.54 Å². The van der Waals surface area contributed by atoms with Crippen molar-refractivity contribution < 1.29 is 13.6 Å². The molecule has 0 bridgehead atoms. The lowest BCUT2D eigenvalue weighted by molar-refractivity contribution is 0.0714. The normalized spacial score (nSPS) is 16.4. The average Bonchev–Trinajstić information content (AvgIpc) is 2.64. The van der Waals surface area contributed by atoms with Crippen LogP contribution in [0.5, 0.6) is 0 Å². The number of amides is 1. The molecule has 1 aromatic rings. The van der Waals surface area contributed by atoms with Gasteiger partial charge in [0.25, 0.3) is 5.89 Å². The highest BCUT2D eigenvalue weighted by Gasteiger charge is 2.23. The number of halogens is 1. The maximum absolute atomic E-state index is 12.9. The van der Waals surface area contributed by atoms with Crippen molar-refractivity contribution >= 4 is 5.91 Å². The minimum absolute atomic E-state index is 0.0141. The highest BCUT2D eigenvalue weighted by molar-refractivity contribution is 5.89. The van der Waals surface area contributed by atoms with Crippen LogP contribution >= 0.6 is 0 Å². The van der Waals surface area contributed by atoms with E-state index in [1.165, 1.54) is 17.2 Å². The summed E-state index contributed by atoms with van der Waals surface area (Å²) in [5.41, 5.74) is 0. The van der Waals surface area contributed by atoms with Crippen LogP contribution in [0.2, 0.25) is 0 Å². The second kappa shape index (κ2) is 3.84. The van der Waals surface area contributed by atoms with Crippen molar-refractivity contribution in [2.24, 2.45) is 0 Å². The summed E-state index contributed by atoms with van der Waals surface area (Å²) in [5, 5.41) is 0. The van der Waals surface area contributed by atoms with Gasteiger partial charge < -0.3 is 9.32 Å². The molecule has 0 aromatic carbocycles. The molecular weight excluding hydrogens is 199 g/mol. The minimum atomic E-state index is -0.355. The smallest absolute Gasteiger partial charge is 0.310 e. The standard InChI is InChI=1S/C10H11FN2O2/c1-7-5-12-9(15-7)10(14)13-4-2-3-8(11)6-13/h3,5H,2,4,6H2,1H3. The Balaban J connectivity index is 2.12. The highest BCUT2D eigenvalue weighted by atomic mass is 19.1. The molecule has 0 N–H and O–H groups in total. The fourth-order valence-electron chi connectivity index (χ4n) is 1.47. The topological polar surface area (TPSA) is 46.3 Å². The third kappa shape index (κ3) is 2.06. The second-order valence-electron chi connectivity index (χ2n) is 3.44. The van der Waals surface area contributed by atoms with Crippen molar-refractivity contribution in [1.82, 2.24) is 9.88 Å². The summed E-state index contributed by atoms with van der Waals surface area (Å²) in [6.45, 7) is 2.23. The zero-order valence-electron chi connectivity index (χ0n) is 8.36. The van der Waals surface area contributed by atoms with Crippen LogP contribution < -0.4 is 0 Å². The summed E-state index contributed by atoms with van der Waals surface area (Å²) in [6, 6.07) is 0. The van der Waals surface area contributed by atoms with Gasteiger partial charge in [-0.1, -0.05) is 0 Å². The Bertz CT molecular complexity index is 411. The monoisotopic (exact) mass is 210 g/mol. The van der Waals surface area contributed by atoms with Crippen LogP contribution in [-0.2, 0) is 0 Å². The van der Waals surface area contributed by atoms with Crippen LogP contribution in [-0.4, -0.2) is 28.9 Å². The number of carbonyl (C=O) groups is 1. The van der Waals surface area contributed by atoms with Crippen LogP contribution in [0, 0.1) is 6.92 Å². The van der Waals surface area contributed by atoms with Gasteiger partial charge in [0.15, 0.2) is 0 Å². The predicted octanol–water partition coefficient (Wildman–Crippen LogP) is 1.68. The molecule has 1 aromatic heterocycles. The van der Waals surface area contributed by atoms with Crippen LogP contribution in [0.4, 0.5) is 4.39 Å². The van der Waals surface area contributed by atoms with E-state index in [0.29, 0.717) is 18.7 Å². The van der Waals surface area contributed by atoms with E-state index in [1.54, 1.807) is 6.92 Å². The third-order valence-corrected chi connectivity index (χ3v) is 2.20. The molecule has 0 fully saturated rings. The molecule has 0 radical (unpaired) electrons. The number of aromatic nitrogens is 1. The Labute approximate surface area is 86.4 Å². The van der Waals surface area contributed by atoms with Crippen molar-refractivity contribution in [2.75, 3.05) is 13.1 Å². The van der Waals surface area contributed by atoms with Crippen molar-refractivity contribution in [3.63, 3.8) is 0 Å². The zero-order chi connectivity index (χ0) is 10.8. The molecule has 5 heteroatoms. The molecule has 15 heavy (non-hydrogen) atoms. The van der Waals surface area contributed by atoms with E-state index in [2.05, 4.69) is 4.98 Å². The fraction of sp³-hybridized carbons (Fsp3) is 0.400. The maximum atomic E-state index is 12.9. The molecule has 2 heterocycles. The lowest BCUT2D eigenvalue weighted by Crippen LogP contribution is -2.35. The van der Waals surface area contributed by atoms with E-state index in [1.807, 2.05) is 0 Å². The summed E-state index contributed by atoms with van der Waals surface area (Å²) in [4.78, 5) is 16.9. The second-order valence-corrected chi connectivity index (χ2v) is 3.44. The minimum Gasteiger partial charge on any atom is -0.438 e. The fourth-order valence-corrected chi connectivity index (χ4v) is 1.47. The number of aryl methyl sites for hydroxylation is 1. The Morgan fingerprint density at radius 2 is 2.47 bits per heavy atom. The lowest BCUT2D eigenvalue weighted by Gasteiger charge is -2.22. The molecule has 0 saturated heterocycles. The number of rotatable bonds is 1. The van der Waals surface area contributed by atoms with Gasteiger partial charge in [0.2, 0.25) is 0 Å². The van der Waals surface area contributed by atoms with E-state index < -0.39 is 0 Å². The summed E-state index contributed by atoms with van der Waals surface area (Å²) in [5.74, 6) is -0.0298. The SMILES string of the molecule is Cc1cnc(C(=O)N2CCC=C(F)C2)o1. The van der Waals surface area contributed by atoms with Crippen molar-refractivity contribution in [1.29, 1.82) is 0 Å². The molecule has 4 nitrogen and oxygen atoms in total. The summed E-state index contributed by atoms with van der Waals surface area (Å²) >= 11 is 0. The first-order chi connectivity index (χ1) is 7.16. The molecule has 1 amide bonds. The quantitative estimate of drug-likeness (QED) is 0.708. The Morgan fingerprint density at radius 3 is 3.07 bits per heavy atom. The van der Waals surface area contributed by atoms with Gasteiger partial charge in [-0.3, -0.25) is 4.79 Å². The zero-order valence-corrected chi connectivity index (χ0v) is 8.36. The van der Waals surface area contributed by atoms with Crippen LogP contribution in [0.1, 0.15) is 22.9 Å². The third-order valence-electron chi connectivity index (χ3n) is 2.20. The summed E-state index contributed by atoms with van der Waals surface area (Å²) in [7, 11) is 0. The molecule has 0 spiro atoms. The van der Waals surface area contributed by atoms with Gasteiger partial charge in [-0.15, -0.1) is 0 Å². The summed E-state index contributed by atoms with van der Waals surface area (Å²) in [6.07, 6.45) is 3.51. The molecule has 0 saturated carbocycles. The number of carbonyl (C=O) groups excluding carboxylic acids is 1. The van der Waals surface area contributed by atoms with Gasteiger partial charge in [0.1, 0.15) is 11.6 Å². The number of hydrogen-bond acceptors (Lipinski definition) is 3. The van der Waals surface area contributed by atoms with E-state index in [4.69, 9.17) is 4.42 Å². The molecule has 1 aliphatic rings. The largest absolute Gasteiger partial charge is 0.438 e. The highest BCUT2D eigenvalue weighted by Crippen LogP contribution is 2.14. The van der Waals surface area contributed by atoms with E-state index in [9.17, 15) is 9.18 Å². The first-order valence-electron chi connectivity index (χ1n) is 4.73. The molecule has 80 valence electrons. The lowest BCUT2D eigenvalue weighted by atomic mass is 10.2. The number of nitrogens with zero attached hydrogens (tertiary/aromatic N) is 2. The first-order valence-corrected chi connectivity index (χ1v) is 4.73. The van der Waals surface area contributed by atoms with Crippen molar-refractivity contribution in [2.45, 2.75) is 13.3 Å². The van der Waals surface area contributed by atoms with E-state index >= 15 is 0 Å². The van der Waals surface area contributed by atoms with E-state index in [-0.39, 0.29) is 24.2 Å². The average molecular weight is 210 g/mol. The summed E-state index contributed by atoms with van der Waals surface area (Å²) < 4.78 is 18.0. The predicted molar refractivity (Wildman–Crippen MR) is 51.0 cm³/mol. The van der Waals surface area contributed by atoms with Crippen molar-refractivity contribution in [3.8, 4) is 0 Å². The van der Waals surface area contributed by atoms with Gasteiger partial charge in [-0.2, -0.15) is 0 Å². The Hall–Kier alpha value is -1.65. The van der Waals surface area contributed by atoms with Crippen LogP contribution in [0.15, 0.2) is 22.5 Å². The van der Waals surface area contributed by atoms with E-state index in [0.717, 1.165) is 0 Å². The Morgan fingerprint density at radius 1 is 1.67 bits per heavy atom. The van der Waals surface area contributed by atoms with Crippen molar-refractivity contribution in [3.05, 3.63) is 29.8 Å². The van der Waals surface area contributed by atoms with Gasteiger partial charge in [-0.25, -0.2) is 9.37 Å². The molecule has 1 aliphatic heterocycles. The molecule has 0 atom stereocenters. The maximum Gasteiger partial charge on any atom is 0.310 e. The Kier molecular flexibility index (Phi) is 2.53. The van der Waals surface area contributed by atoms with Crippen LogP contribution in [0.25, 0.3) is 0 Å². The van der Waals surface area contributed by atoms with Gasteiger partial charge >= 0.3 is 5.91 Å². The molecular formula is C10H11FN2O2. The van der Waals surface area contributed by atoms with Gasteiger partial charge in [0.05, 0.1) is 12.7 Å². The molecule has 0 unspecified atom stereocenters. The van der Waals surface area contributed by atoms with Crippen LogP contribution in [0.3, 0.4) is 0 Å².